The number of carbonyl (C=O) groups is 2. The van der Waals surface area contributed by atoms with Gasteiger partial charge in [0.05, 0.1) is 19.1 Å². The van der Waals surface area contributed by atoms with Crippen molar-refractivity contribution in [3.05, 3.63) is 0 Å². The number of amides is 2. The third-order valence-electron chi connectivity index (χ3n) is 4.06. The molecule has 0 spiro atoms. The van der Waals surface area contributed by atoms with Crippen LogP contribution in [0.4, 0.5) is 4.39 Å². The summed E-state index contributed by atoms with van der Waals surface area (Å²) in [5, 5.41) is 2.82. The third-order valence-corrected chi connectivity index (χ3v) is 4.06. The van der Waals surface area contributed by atoms with Gasteiger partial charge >= 0.3 is 0 Å². The molecule has 0 bridgehead atoms. The van der Waals surface area contributed by atoms with Crippen LogP contribution in [0.3, 0.4) is 0 Å². The van der Waals surface area contributed by atoms with Crippen LogP contribution in [-0.2, 0) is 14.3 Å². The van der Waals surface area contributed by atoms with Crippen LogP contribution >= 0.6 is 0 Å². The van der Waals surface area contributed by atoms with Gasteiger partial charge in [0.1, 0.15) is 6.17 Å². The topological polar surface area (TPSA) is 84.7 Å². The number of primary amides is 1. The predicted molar refractivity (Wildman–Crippen MR) is 75.3 cm³/mol. The lowest BCUT2D eigenvalue weighted by molar-refractivity contribution is -0.125. The standard InChI is InChI=1S/C14H24FN3O3/c15-10-5-11(18(8-10)9-13(16)19)7-17-14(20)6-12-3-1-2-4-21-12/h10-12H,1-9H2,(H2,16,19)(H,17,20)/t10-,11-,12?/m0/s1. The van der Waals surface area contributed by atoms with Crippen LogP contribution in [0.1, 0.15) is 32.1 Å². The van der Waals surface area contributed by atoms with Crippen molar-refractivity contribution in [2.24, 2.45) is 5.73 Å². The molecule has 2 aliphatic heterocycles. The number of ether oxygens (including phenoxy) is 1. The van der Waals surface area contributed by atoms with Gasteiger partial charge in [-0.2, -0.15) is 0 Å². The molecule has 2 amide bonds. The van der Waals surface area contributed by atoms with Crippen LogP contribution in [0.5, 0.6) is 0 Å². The number of halogens is 1. The second kappa shape index (κ2) is 7.70. The largest absolute Gasteiger partial charge is 0.378 e. The molecule has 0 saturated carbocycles. The normalized spacial score (nSPS) is 30.2. The first-order chi connectivity index (χ1) is 10.0. The first-order valence-electron chi connectivity index (χ1n) is 7.59. The number of nitrogens with one attached hydrogen (secondary N) is 1. The summed E-state index contributed by atoms with van der Waals surface area (Å²) in [6.45, 7) is 1.30. The molecule has 0 radical (unpaired) electrons. The first kappa shape index (κ1) is 16.2. The van der Waals surface area contributed by atoms with Gasteiger partial charge < -0.3 is 15.8 Å². The van der Waals surface area contributed by atoms with E-state index in [9.17, 15) is 14.0 Å². The molecule has 2 saturated heterocycles. The third kappa shape index (κ3) is 5.24. The molecular weight excluding hydrogens is 277 g/mol. The number of nitrogens with zero attached hydrogens (tertiary/aromatic N) is 1. The van der Waals surface area contributed by atoms with E-state index in [4.69, 9.17) is 10.5 Å². The van der Waals surface area contributed by atoms with Crippen molar-refractivity contribution in [2.45, 2.75) is 50.4 Å². The average Bonchev–Trinajstić information content (AvgIpc) is 2.77. The Kier molecular flexibility index (Phi) is 5.93. The minimum Gasteiger partial charge on any atom is -0.378 e. The molecule has 0 aliphatic carbocycles. The van der Waals surface area contributed by atoms with Gasteiger partial charge in [-0.25, -0.2) is 4.39 Å². The number of alkyl halides is 1. The van der Waals surface area contributed by atoms with E-state index in [2.05, 4.69) is 5.32 Å². The Bertz CT molecular complexity index is 374. The SMILES string of the molecule is NC(=O)CN1C[C@@H](F)C[C@H]1CNC(=O)CC1CCCCO1. The zero-order valence-electron chi connectivity index (χ0n) is 12.2. The fraction of sp³-hybridized carbons (Fsp3) is 0.857. The minimum atomic E-state index is -0.965. The molecule has 2 heterocycles. The van der Waals surface area contributed by atoms with Crippen molar-refractivity contribution in [3.8, 4) is 0 Å². The predicted octanol–water partition coefficient (Wildman–Crippen LogP) is -0.0405. The number of likely N-dealkylation sites (tertiary alicyclic amines) is 1. The molecule has 2 fully saturated rings. The van der Waals surface area contributed by atoms with E-state index in [0.29, 0.717) is 19.4 Å². The fourth-order valence-electron chi connectivity index (χ4n) is 3.01. The maximum absolute atomic E-state index is 13.4. The van der Waals surface area contributed by atoms with Crippen molar-refractivity contribution in [3.63, 3.8) is 0 Å². The number of nitrogens with two attached hydrogens (primary N) is 1. The molecule has 2 aliphatic rings. The van der Waals surface area contributed by atoms with Gasteiger partial charge in [-0.1, -0.05) is 0 Å². The Hall–Kier alpha value is -1.21. The Morgan fingerprint density at radius 2 is 2.19 bits per heavy atom. The van der Waals surface area contributed by atoms with Crippen LogP contribution in [0.25, 0.3) is 0 Å². The molecule has 3 N–H and O–H groups in total. The summed E-state index contributed by atoms with van der Waals surface area (Å²) in [5.74, 6) is -0.556. The summed E-state index contributed by atoms with van der Waals surface area (Å²) in [6, 6.07) is -0.163. The summed E-state index contributed by atoms with van der Waals surface area (Å²) < 4.78 is 19.0. The molecule has 120 valence electrons. The molecule has 7 heteroatoms. The van der Waals surface area contributed by atoms with Crippen molar-refractivity contribution in [1.29, 1.82) is 0 Å². The highest BCUT2D eigenvalue weighted by atomic mass is 19.1. The van der Waals surface area contributed by atoms with E-state index in [1.54, 1.807) is 4.90 Å². The molecule has 0 aromatic rings. The zero-order chi connectivity index (χ0) is 15.2. The van der Waals surface area contributed by atoms with Crippen molar-refractivity contribution < 1.29 is 18.7 Å². The Morgan fingerprint density at radius 3 is 2.86 bits per heavy atom. The molecule has 21 heavy (non-hydrogen) atoms. The van der Waals surface area contributed by atoms with E-state index >= 15 is 0 Å². The second-order valence-corrected chi connectivity index (χ2v) is 5.88. The van der Waals surface area contributed by atoms with Gasteiger partial charge in [0.2, 0.25) is 11.8 Å². The second-order valence-electron chi connectivity index (χ2n) is 5.88. The number of rotatable bonds is 6. The maximum atomic E-state index is 13.4. The molecule has 0 aromatic carbocycles. The van der Waals surface area contributed by atoms with Crippen LogP contribution in [-0.4, -0.2) is 61.3 Å². The highest BCUT2D eigenvalue weighted by molar-refractivity contribution is 5.77. The van der Waals surface area contributed by atoms with Gasteiger partial charge in [0.25, 0.3) is 0 Å². The minimum absolute atomic E-state index is 0.00188. The van der Waals surface area contributed by atoms with E-state index in [1.165, 1.54) is 0 Å². The molecule has 6 nitrogen and oxygen atoms in total. The smallest absolute Gasteiger partial charge is 0.231 e. The monoisotopic (exact) mass is 301 g/mol. The zero-order valence-corrected chi connectivity index (χ0v) is 12.2. The lowest BCUT2D eigenvalue weighted by atomic mass is 10.1. The molecule has 1 unspecified atom stereocenters. The number of carbonyl (C=O) groups excluding carboxylic acids is 2. The summed E-state index contributed by atoms with van der Waals surface area (Å²) in [4.78, 5) is 24.5. The van der Waals surface area contributed by atoms with Crippen molar-refractivity contribution in [2.75, 3.05) is 26.2 Å². The number of hydrogen-bond donors (Lipinski definition) is 2. The Morgan fingerprint density at radius 1 is 1.38 bits per heavy atom. The molecule has 0 aromatic heterocycles. The van der Waals surface area contributed by atoms with E-state index in [1.807, 2.05) is 0 Å². The van der Waals surface area contributed by atoms with E-state index in [0.717, 1.165) is 25.9 Å². The van der Waals surface area contributed by atoms with Crippen molar-refractivity contribution in [1.82, 2.24) is 10.2 Å². The van der Waals surface area contributed by atoms with Crippen molar-refractivity contribution >= 4 is 11.8 Å². The summed E-state index contributed by atoms with van der Waals surface area (Å²) in [7, 11) is 0. The van der Waals surface area contributed by atoms with Crippen LogP contribution < -0.4 is 11.1 Å². The van der Waals surface area contributed by atoms with Gasteiger partial charge in [0.15, 0.2) is 0 Å². The van der Waals surface area contributed by atoms with Crippen LogP contribution in [0.2, 0.25) is 0 Å². The number of hydrogen-bond acceptors (Lipinski definition) is 4. The van der Waals surface area contributed by atoms with Gasteiger partial charge in [-0.3, -0.25) is 14.5 Å². The highest BCUT2D eigenvalue weighted by Crippen LogP contribution is 2.20. The van der Waals surface area contributed by atoms with E-state index in [-0.39, 0.29) is 31.1 Å². The molecular formula is C14H24FN3O3. The van der Waals surface area contributed by atoms with Crippen LogP contribution in [0.15, 0.2) is 0 Å². The first-order valence-corrected chi connectivity index (χ1v) is 7.59. The molecule has 3 atom stereocenters. The summed E-state index contributed by atoms with van der Waals surface area (Å²) in [6.07, 6.45) is 2.77. The van der Waals surface area contributed by atoms with Crippen LogP contribution in [0, 0.1) is 0 Å². The Labute approximate surface area is 124 Å². The van der Waals surface area contributed by atoms with Gasteiger partial charge in [0, 0.05) is 25.7 Å². The molecule has 2 rings (SSSR count). The quantitative estimate of drug-likeness (QED) is 0.721. The van der Waals surface area contributed by atoms with E-state index < -0.39 is 12.1 Å². The average molecular weight is 301 g/mol. The fourth-order valence-corrected chi connectivity index (χ4v) is 3.01. The maximum Gasteiger partial charge on any atom is 0.231 e. The highest BCUT2D eigenvalue weighted by Gasteiger charge is 2.33. The lowest BCUT2D eigenvalue weighted by Gasteiger charge is -2.24. The summed E-state index contributed by atoms with van der Waals surface area (Å²) >= 11 is 0. The van der Waals surface area contributed by atoms with Gasteiger partial charge in [-0.15, -0.1) is 0 Å². The summed E-state index contributed by atoms with van der Waals surface area (Å²) in [5.41, 5.74) is 5.15. The lowest BCUT2D eigenvalue weighted by Crippen LogP contribution is -2.44. The Balaban J connectivity index is 1.72. The van der Waals surface area contributed by atoms with Gasteiger partial charge in [-0.05, 0) is 25.7 Å².